The van der Waals surface area contributed by atoms with Crippen molar-refractivity contribution < 1.29 is 9.84 Å². The molecule has 2 nitrogen and oxygen atoms in total. The van der Waals surface area contributed by atoms with E-state index in [9.17, 15) is 5.11 Å². The molecule has 2 heteroatoms. The molecule has 0 saturated carbocycles. The molecule has 1 aliphatic rings. The maximum Gasteiger partial charge on any atom is 0.116 e. The van der Waals surface area contributed by atoms with Gasteiger partial charge in [-0.3, -0.25) is 0 Å². The van der Waals surface area contributed by atoms with Crippen LogP contribution in [0, 0.1) is 0 Å². The van der Waals surface area contributed by atoms with E-state index < -0.39 is 5.60 Å². The predicted octanol–water partition coefficient (Wildman–Crippen LogP) is 2.01. The highest BCUT2D eigenvalue weighted by Gasteiger charge is 2.13. The van der Waals surface area contributed by atoms with Crippen molar-refractivity contribution in [3.05, 3.63) is 24.0 Å². The lowest BCUT2D eigenvalue weighted by molar-refractivity contribution is 0.00179. The molecule has 0 atom stereocenters. The van der Waals surface area contributed by atoms with Crippen LogP contribution in [0.2, 0.25) is 0 Å². The quantitative estimate of drug-likeness (QED) is 0.653. The minimum absolute atomic E-state index is 0.368. The molecule has 0 unspecified atom stereocenters. The van der Waals surface area contributed by atoms with Gasteiger partial charge in [-0.15, -0.1) is 0 Å². The molecule has 1 aliphatic carbocycles. The monoisotopic (exact) mass is 168 g/mol. The van der Waals surface area contributed by atoms with E-state index in [1.807, 2.05) is 6.08 Å². The van der Waals surface area contributed by atoms with Crippen LogP contribution in [-0.4, -0.2) is 17.3 Å². The largest absolute Gasteiger partial charge is 0.495 e. The van der Waals surface area contributed by atoms with Crippen LogP contribution in [0.15, 0.2) is 24.0 Å². The summed E-state index contributed by atoms with van der Waals surface area (Å²) in [5, 5.41) is 9.38. The van der Waals surface area contributed by atoms with Gasteiger partial charge in [0.25, 0.3) is 0 Å². The molecule has 12 heavy (non-hydrogen) atoms. The van der Waals surface area contributed by atoms with Crippen molar-refractivity contribution in [2.45, 2.75) is 32.3 Å². The van der Waals surface area contributed by atoms with Crippen LogP contribution < -0.4 is 0 Å². The molecule has 68 valence electrons. The molecule has 0 aromatic heterocycles. The van der Waals surface area contributed by atoms with Gasteiger partial charge >= 0.3 is 0 Å². The van der Waals surface area contributed by atoms with Crippen molar-refractivity contribution in [2.24, 2.45) is 0 Å². The van der Waals surface area contributed by atoms with Crippen molar-refractivity contribution in [1.29, 1.82) is 0 Å². The van der Waals surface area contributed by atoms with Crippen LogP contribution in [0.5, 0.6) is 0 Å². The standard InChI is InChI=1S/C10H16O2/c1-10(2,11)8-12-9-6-4-3-5-7-9/h3-4,7,11H,5-6,8H2,1-2H3. The molecule has 0 fully saturated rings. The number of allylic oxidation sites excluding steroid dienone is 3. The van der Waals surface area contributed by atoms with E-state index >= 15 is 0 Å². The van der Waals surface area contributed by atoms with Crippen molar-refractivity contribution in [1.82, 2.24) is 0 Å². The van der Waals surface area contributed by atoms with E-state index in [0.717, 1.165) is 18.6 Å². The average Bonchev–Trinajstić information content (AvgIpc) is 2.02. The lowest BCUT2D eigenvalue weighted by Gasteiger charge is -2.19. The molecule has 0 radical (unpaired) electrons. The molecule has 0 amide bonds. The summed E-state index contributed by atoms with van der Waals surface area (Å²) in [5.41, 5.74) is -0.734. The van der Waals surface area contributed by atoms with E-state index in [1.54, 1.807) is 13.8 Å². The predicted molar refractivity (Wildman–Crippen MR) is 48.7 cm³/mol. The van der Waals surface area contributed by atoms with Crippen LogP contribution in [-0.2, 0) is 4.74 Å². The van der Waals surface area contributed by atoms with Gasteiger partial charge in [0, 0.05) is 6.42 Å². The van der Waals surface area contributed by atoms with Gasteiger partial charge in [-0.1, -0.05) is 12.2 Å². The van der Waals surface area contributed by atoms with E-state index in [-0.39, 0.29) is 0 Å². The Morgan fingerprint density at radius 2 is 2.25 bits per heavy atom. The second-order valence-corrected chi connectivity index (χ2v) is 3.68. The van der Waals surface area contributed by atoms with Gasteiger partial charge in [-0.25, -0.2) is 0 Å². The van der Waals surface area contributed by atoms with Crippen LogP contribution in [0.4, 0.5) is 0 Å². The van der Waals surface area contributed by atoms with E-state index in [0.29, 0.717) is 6.61 Å². The first-order chi connectivity index (χ1) is 5.58. The van der Waals surface area contributed by atoms with Gasteiger partial charge in [-0.05, 0) is 26.3 Å². The Bertz CT molecular complexity index is 196. The molecule has 0 saturated heterocycles. The highest BCUT2D eigenvalue weighted by atomic mass is 16.5. The second kappa shape index (κ2) is 3.76. The van der Waals surface area contributed by atoms with Crippen LogP contribution >= 0.6 is 0 Å². The molecular weight excluding hydrogens is 152 g/mol. The first kappa shape index (κ1) is 9.33. The molecule has 0 aromatic rings. The number of rotatable bonds is 3. The summed E-state index contributed by atoms with van der Waals surface area (Å²) in [5.74, 6) is 0.972. The number of ether oxygens (including phenoxy) is 1. The summed E-state index contributed by atoms with van der Waals surface area (Å²) in [7, 11) is 0. The van der Waals surface area contributed by atoms with E-state index in [1.165, 1.54) is 0 Å². The fourth-order valence-electron chi connectivity index (χ4n) is 0.966. The molecule has 1 rings (SSSR count). The third-order valence-corrected chi connectivity index (χ3v) is 1.58. The molecule has 0 bridgehead atoms. The van der Waals surface area contributed by atoms with E-state index in [4.69, 9.17) is 4.74 Å². The first-order valence-corrected chi connectivity index (χ1v) is 4.27. The Hall–Kier alpha value is -0.760. The third-order valence-electron chi connectivity index (χ3n) is 1.58. The Kier molecular flexibility index (Phi) is 2.93. The van der Waals surface area contributed by atoms with Crippen LogP contribution in [0.25, 0.3) is 0 Å². The second-order valence-electron chi connectivity index (χ2n) is 3.68. The van der Waals surface area contributed by atoms with Gasteiger partial charge in [0.15, 0.2) is 0 Å². The molecular formula is C10H16O2. The van der Waals surface area contributed by atoms with Crippen molar-refractivity contribution in [2.75, 3.05) is 6.61 Å². The average molecular weight is 168 g/mol. The maximum absolute atomic E-state index is 9.38. The fraction of sp³-hybridized carbons (Fsp3) is 0.600. The van der Waals surface area contributed by atoms with Gasteiger partial charge < -0.3 is 9.84 Å². The van der Waals surface area contributed by atoms with Crippen molar-refractivity contribution in [3.8, 4) is 0 Å². The Balaban J connectivity index is 2.28. The SMILES string of the molecule is CC(C)(O)COC1=CCC=CC1. The zero-order chi connectivity index (χ0) is 9.03. The molecule has 0 aliphatic heterocycles. The van der Waals surface area contributed by atoms with E-state index in [2.05, 4.69) is 12.2 Å². The zero-order valence-electron chi connectivity index (χ0n) is 7.71. The fourth-order valence-corrected chi connectivity index (χ4v) is 0.966. The molecule has 0 heterocycles. The Morgan fingerprint density at radius 3 is 2.75 bits per heavy atom. The van der Waals surface area contributed by atoms with Crippen molar-refractivity contribution in [3.63, 3.8) is 0 Å². The highest BCUT2D eigenvalue weighted by molar-refractivity contribution is 5.09. The number of hydrogen-bond acceptors (Lipinski definition) is 2. The number of hydrogen-bond donors (Lipinski definition) is 1. The number of aliphatic hydroxyl groups is 1. The van der Waals surface area contributed by atoms with Crippen LogP contribution in [0.1, 0.15) is 26.7 Å². The Morgan fingerprint density at radius 1 is 1.50 bits per heavy atom. The van der Waals surface area contributed by atoms with Gasteiger partial charge in [-0.2, -0.15) is 0 Å². The molecule has 0 aromatic carbocycles. The smallest absolute Gasteiger partial charge is 0.116 e. The van der Waals surface area contributed by atoms with Crippen LogP contribution in [0.3, 0.4) is 0 Å². The first-order valence-electron chi connectivity index (χ1n) is 4.27. The molecule has 0 spiro atoms. The summed E-state index contributed by atoms with van der Waals surface area (Å²) < 4.78 is 5.41. The Labute approximate surface area is 73.5 Å². The topological polar surface area (TPSA) is 29.5 Å². The summed E-state index contributed by atoms with van der Waals surface area (Å²) in [4.78, 5) is 0. The third kappa shape index (κ3) is 3.58. The van der Waals surface area contributed by atoms with Gasteiger partial charge in [0.2, 0.25) is 0 Å². The summed E-state index contributed by atoms with van der Waals surface area (Å²) in [6.45, 7) is 3.85. The normalized spacial score (nSPS) is 17.4. The maximum atomic E-state index is 9.38. The highest BCUT2D eigenvalue weighted by Crippen LogP contribution is 2.14. The van der Waals surface area contributed by atoms with Gasteiger partial charge in [0.05, 0.1) is 11.4 Å². The zero-order valence-corrected chi connectivity index (χ0v) is 7.71. The summed E-state index contributed by atoms with van der Waals surface area (Å²) in [6, 6.07) is 0. The summed E-state index contributed by atoms with van der Waals surface area (Å²) >= 11 is 0. The van der Waals surface area contributed by atoms with Crippen molar-refractivity contribution >= 4 is 0 Å². The minimum Gasteiger partial charge on any atom is -0.495 e. The lowest BCUT2D eigenvalue weighted by atomic mass is 10.1. The van der Waals surface area contributed by atoms with Gasteiger partial charge in [0.1, 0.15) is 6.61 Å². The lowest BCUT2D eigenvalue weighted by Crippen LogP contribution is -2.25. The minimum atomic E-state index is -0.734. The summed E-state index contributed by atoms with van der Waals surface area (Å²) in [6.07, 6.45) is 8.04. The molecule has 1 N–H and O–H groups in total.